The number of halogens is 4. The van der Waals surface area contributed by atoms with Gasteiger partial charge in [0.15, 0.2) is 11.6 Å². The lowest BCUT2D eigenvalue weighted by molar-refractivity contribution is 0.181. The molecule has 0 spiro atoms. The summed E-state index contributed by atoms with van der Waals surface area (Å²) in [6.45, 7) is -0.247. The fourth-order valence-corrected chi connectivity index (χ4v) is 1.75. The first-order valence-corrected chi connectivity index (χ1v) is 5.80. The largest absolute Gasteiger partial charge is 0.386 e. The molecule has 0 heterocycles. The molecule has 0 fully saturated rings. The molecule has 2 N–H and O–H groups in total. The van der Waals surface area contributed by atoms with E-state index in [0.717, 1.165) is 24.3 Å². The molecule has 1 atom stereocenters. The van der Waals surface area contributed by atoms with Crippen molar-refractivity contribution < 1.29 is 22.7 Å². The predicted molar refractivity (Wildman–Crippen MR) is 66.2 cm³/mol. The van der Waals surface area contributed by atoms with Crippen molar-refractivity contribution in [2.24, 2.45) is 0 Å². The van der Waals surface area contributed by atoms with Gasteiger partial charge in [0.25, 0.3) is 0 Å². The van der Waals surface area contributed by atoms with Gasteiger partial charge in [-0.1, -0.05) is 6.07 Å². The zero-order chi connectivity index (χ0) is 14.7. The quantitative estimate of drug-likeness (QED) is 0.844. The summed E-state index contributed by atoms with van der Waals surface area (Å²) in [6.07, 6.45) is -1.45. The van der Waals surface area contributed by atoms with Gasteiger partial charge in [-0.05, 0) is 24.3 Å². The van der Waals surface area contributed by atoms with Gasteiger partial charge in [-0.2, -0.15) is 0 Å². The molecular weight excluding hydrogens is 274 g/mol. The summed E-state index contributed by atoms with van der Waals surface area (Å²) in [5.74, 6) is -3.80. The molecule has 1 unspecified atom stereocenters. The number of rotatable bonds is 4. The third-order valence-electron chi connectivity index (χ3n) is 2.75. The normalized spacial score (nSPS) is 12.2. The molecule has 20 heavy (non-hydrogen) atoms. The van der Waals surface area contributed by atoms with E-state index >= 15 is 0 Å². The highest BCUT2D eigenvalue weighted by atomic mass is 19.2. The standard InChI is InChI=1S/C14H11F4NO/c15-9-5-4-8(6-12(9)18)19-7-13(20)14-10(16)2-1-3-11(14)17/h1-6,13,19-20H,7H2. The Bertz CT molecular complexity index is 598. The average Bonchev–Trinajstić information content (AvgIpc) is 2.40. The predicted octanol–water partition coefficient (Wildman–Crippen LogP) is 3.39. The third kappa shape index (κ3) is 3.08. The van der Waals surface area contributed by atoms with Crippen molar-refractivity contribution in [1.29, 1.82) is 0 Å². The zero-order valence-electron chi connectivity index (χ0n) is 10.2. The Morgan fingerprint density at radius 3 is 2.15 bits per heavy atom. The van der Waals surface area contributed by atoms with Crippen molar-refractivity contribution in [2.75, 3.05) is 11.9 Å². The molecule has 0 radical (unpaired) electrons. The van der Waals surface area contributed by atoms with E-state index in [1.807, 2.05) is 0 Å². The van der Waals surface area contributed by atoms with E-state index in [-0.39, 0.29) is 12.2 Å². The Balaban J connectivity index is 2.08. The van der Waals surface area contributed by atoms with Gasteiger partial charge in [-0.25, -0.2) is 17.6 Å². The van der Waals surface area contributed by atoms with Crippen molar-refractivity contribution in [1.82, 2.24) is 0 Å². The van der Waals surface area contributed by atoms with Crippen LogP contribution in [0, 0.1) is 23.3 Å². The van der Waals surface area contributed by atoms with Gasteiger partial charge >= 0.3 is 0 Å². The lowest BCUT2D eigenvalue weighted by atomic mass is 10.1. The van der Waals surface area contributed by atoms with E-state index in [1.54, 1.807) is 0 Å². The summed E-state index contributed by atoms with van der Waals surface area (Å²) in [4.78, 5) is 0. The SMILES string of the molecule is OC(CNc1ccc(F)c(F)c1)c1c(F)cccc1F. The highest BCUT2D eigenvalue weighted by molar-refractivity contribution is 5.43. The Hall–Kier alpha value is -2.08. The number of hydrogen-bond donors (Lipinski definition) is 2. The molecule has 0 aliphatic rings. The number of benzene rings is 2. The first-order chi connectivity index (χ1) is 9.49. The van der Waals surface area contributed by atoms with E-state index in [9.17, 15) is 22.7 Å². The van der Waals surface area contributed by atoms with E-state index in [1.165, 1.54) is 12.1 Å². The fraction of sp³-hybridized carbons (Fsp3) is 0.143. The molecule has 0 aliphatic carbocycles. The van der Waals surface area contributed by atoms with Gasteiger partial charge in [-0.15, -0.1) is 0 Å². The molecule has 2 nitrogen and oxygen atoms in total. The third-order valence-corrected chi connectivity index (χ3v) is 2.75. The van der Waals surface area contributed by atoms with Crippen LogP contribution in [-0.2, 0) is 0 Å². The van der Waals surface area contributed by atoms with Gasteiger partial charge in [0.2, 0.25) is 0 Å². The Morgan fingerprint density at radius 1 is 0.900 bits per heavy atom. The molecule has 106 valence electrons. The lowest BCUT2D eigenvalue weighted by Gasteiger charge is -2.14. The van der Waals surface area contributed by atoms with Crippen LogP contribution in [-0.4, -0.2) is 11.7 Å². The molecule has 0 saturated heterocycles. The number of nitrogens with one attached hydrogen (secondary N) is 1. The van der Waals surface area contributed by atoms with Crippen LogP contribution in [0.2, 0.25) is 0 Å². The van der Waals surface area contributed by atoms with Crippen LogP contribution in [0.5, 0.6) is 0 Å². The summed E-state index contributed by atoms with van der Waals surface area (Å²) in [5, 5.41) is 12.3. The minimum absolute atomic E-state index is 0.194. The molecule has 0 amide bonds. The molecular formula is C14H11F4NO. The Labute approximate surface area is 112 Å². The summed E-state index contributed by atoms with van der Waals surface area (Å²) in [6, 6.07) is 6.29. The minimum Gasteiger partial charge on any atom is -0.386 e. The Kier molecular flexibility index (Phi) is 4.24. The highest BCUT2D eigenvalue weighted by Gasteiger charge is 2.17. The number of aliphatic hydroxyl groups excluding tert-OH is 1. The van der Waals surface area contributed by atoms with Crippen molar-refractivity contribution in [3.63, 3.8) is 0 Å². The van der Waals surface area contributed by atoms with Gasteiger partial charge in [0.05, 0.1) is 5.56 Å². The number of aliphatic hydroxyl groups is 1. The summed E-state index contributed by atoms with van der Waals surface area (Å²) in [7, 11) is 0. The van der Waals surface area contributed by atoms with E-state index in [2.05, 4.69) is 5.32 Å². The number of anilines is 1. The highest BCUT2D eigenvalue weighted by Crippen LogP contribution is 2.21. The second kappa shape index (κ2) is 5.92. The lowest BCUT2D eigenvalue weighted by Crippen LogP contribution is -2.15. The van der Waals surface area contributed by atoms with E-state index < -0.39 is 34.9 Å². The van der Waals surface area contributed by atoms with Gasteiger partial charge in [0.1, 0.15) is 17.7 Å². The monoisotopic (exact) mass is 285 g/mol. The number of hydrogen-bond acceptors (Lipinski definition) is 2. The molecule has 0 saturated carbocycles. The second-order valence-electron chi connectivity index (χ2n) is 4.16. The molecule has 0 aromatic heterocycles. The summed E-state index contributed by atoms with van der Waals surface area (Å²) in [5.41, 5.74) is -0.276. The summed E-state index contributed by atoms with van der Waals surface area (Å²) < 4.78 is 52.5. The van der Waals surface area contributed by atoms with Crippen LogP contribution in [0.25, 0.3) is 0 Å². The van der Waals surface area contributed by atoms with E-state index in [4.69, 9.17) is 0 Å². The van der Waals surface area contributed by atoms with E-state index in [0.29, 0.717) is 0 Å². The fourth-order valence-electron chi connectivity index (χ4n) is 1.75. The maximum atomic E-state index is 13.4. The molecule has 6 heteroatoms. The topological polar surface area (TPSA) is 32.3 Å². The van der Waals surface area contributed by atoms with Crippen LogP contribution in [0.15, 0.2) is 36.4 Å². The first-order valence-electron chi connectivity index (χ1n) is 5.80. The maximum absolute atomic E-state index is 13.4. The van der Waals surface area contributed by atoms with Gasteiger partial charge < -0.3 is 10.4 Å². The molecule has 2 aromatic carbocycles. The molecule has 2 rings (SSSR count). The van der Waals surface area contributed by atoms with Crippen LogP contribution < -0.4 is 5.32 Å². The van der Waals surface area contributed by atoms with Gasteiger partial charge in [0, 0.05) is 18.3 Å². The molecule has 0 bridgehead atoms. The van der Waals surface area contributed by atoms with Crippen LogP contribution in [0.3, 0.4) is 0 Å². The van der Waals surface area contributed by atoms with Crippen LogP contribution >= 0.6 is 0 Å². The van der Waals surface area contributed by atoms with Gasteiger partial charge in [-0.3, -0.25) is 0 Å². The Morgan fingerprint density at radius 2 is 1.55 bits per heavy atom. The average molecular weight is 285 g/mol. The van der Waals surface area contributed by atoms with Crippen LogP contribution in [0.4, 0.5) is 23.2 Å². The summed E-state index contributed by atoms with van der Waals surface area (Å²) >= 11 is 0. The maximum Gasteiger partial charge on any atom is 0.160 e. The smallest absolute Gasteiger partial charge is 0.160 e. The second-order valence-corrected chi connectivity index (χ2v) is 4.16. The minimum atomic E-state index is -1.45. The van der Waals surface area contributed by atoms with Crippen molar-refractivity contribution >= 4 is 5.69 Å². The van der Waals surface area contributed by atoms with Crippen molar-refractivity contribution in [2.45, 2.75) is 6.10 Å². The molecule has 0 aliphatic heterocycles. The first kappa shape index (κ1) is 14.3. The molecule has 2 aromatic rings. The zero-order valence-corrected chi connectivity index (χ0v) is 10.2. The van der Waals surface area contributed by atoms with Crippen molar-refractivity contribution in [3.8, 4) is 0 Å². The van der Waals surface area contributed by atoms with Crippen LogP contribution in [0.1, 0.15) is 11.7 Å². The van der Waals surface area contributed by atoms with Crippen molar-refractivity contribution in [3.05, 3.63) is 65.2 Å².